The lowest BCUT2D eigenvalue weighted by atomic mass is 9.95. The Bertz CT molecular complexity index is 948. The molecule has 6 nitrogen and oxygen atoms in total. The molecule has 7 heteroatoms. The fraction of sp³-hybridized carbons (Fsp3) is 0.409. The number of carbonyl (C=O) groups is 3. The topological polar surface area (TPSA) is 75.7 Å². The molecule has 29 heavy (non-hydrogen) atoms. The van der Waals surface area contributed by atoms with Crippen molar-refractivity contribution in [3.8, 4) is 0 Å². The van der Waals surface area contributed by atoms with Crippen LogP contribution in [0.2, 0.25) is 0 Å². The molecule has 1 aliphatic carbocycles. The molecule has 0 unspecified atom stereocenters. The number of anilines is 2. The van der Waals surface area contributed by atoms with Gasteiger partial charge in [0, 0.05) is 23.5 Å². The third-order valence-corrected chi connectivity index (χ3v) is 6.71. The molecule has 2 heterocycles. The zero-order valence-corrected chi connectivity index (χ0v) is 17.3. The molecule has 4 rings (SSSR count). The average molecular weight is 413 g/mol. The molecule has 1 fully saturated rings. The Hall–Kier alpha value is -2.67. The molecule has 1 aliphatic heterocycles. The van der Waals surface area contributed by atoms with Crippen LogP contribution in [-0.4, -0.2) is 31.4 Å². The molecule has 2 aliphatic rings. The highest BCUT2D eigenvalue weighted by molar-refractivity contribution is 7.17. The predicted molar refractivity (Wildman–Crippen MR) is 113 cm³/mol. The molecule has 2 amide bonds. The van der Waals surface area contributed by atoms with Crippen LogP contribution in [0.4, 0.5) is 10.7 Å². The van der Waals surface area contributed by atoms with Crippen molar-refractivity contribution in [2.45, 2.75) is 44.9 Å². The van der Waals surface area contributed by atoms with E-state index in [-0.39, 0.29) is 24.2 Å². The molecule has 1 aromatic carbocycles. The summed E-state index contributed by atoms with van der Waals surface area (Å²) < 4.78 is 4.96. The first kappa shape index (κ1) is 19.6. The highest BCUT2D eigenvalue weighted by Gasteiger charge is 2.27. The molecule has 152 valence electrons. The van der Waals surface area contributed by atoms with Crippen molar-refractivity contribution in [3.63, 3.8) is 0 Å². The number of carbonyl (C=O) groups excluding carboxylic acids is 3. The summed E-state index contributed by atoms with van der Waals surface area (Å²) in [6.07, 6.45) is 5.63. The van der Waals surface area contributed by atoms with Crippen molar-refractivity contribution in [1.82, 2.24) is 0 Å². The van der Waals surface area contributed by atoms with Crippen molar-refractivity contribution in [1.29, 1.82) is 0 Å². The van der Waals surface area contributed by atoms with Crippen LogP contribution in [0.3, 0.4) is 0 Å². The largest absolute Gasteiger partial charge is 0.465 e. The number of benzene rings is 1. The number of methoxy groups -OCH3 is 1. The van der Waals surface area contributed by atoms with Crippen molar-refractivity contribution in [2.75, 3.05) is 23.9 Å². The first-order valence-electron chi connectivity index (χ1n) is 9.99. The van der Waals surface area contributed by atoms with E-state index in [4.69, 9.17) is 4.74 Å². The van der Waals surface area contributed by atoms with Gasteiger partial charge < -0.3 is 15.0 Å². The smallest absolute Gasteiger partial charge is 0.341 e. The number of esters is 1. The first-order chi connectivity index (χ1) is 14.1. The Morgan fingerprint density at radius 2 is 1.86 bits per heavy atom. The van der Waals surface area contributed by atoms with Gasteiger partial charge in [-0.2, -0.15) is 0 Å². The van der Waals surface area contributed by atoms with Gasteiger partial charge in [0.25, 0.3) is 0 Å². The summed E-state index contributed by atoms with van der Waals surface area (Å²) >= 11 is 1.49. The van der Waals surface area contributed by atoms with Crippen LogP contribution < -0.4 is 10.2 Å². The van der Waals surface area contributed by atoms with E-state index in [1.807, 2.05) is 24.3 Å². The molecule has 0 saturated carbocycles. The number of aryl methyl sites for hydroxylation is 1. The van der Waals surface area contributed by atoms with Crippen LogP contribution in [-0.2, 0) is 33.6 Å². The lowest BCUT2D eigenvalue weighted by molar-refractivity contribution is -0.117. The van der Waals surface area contributed by atoms with Crippen molar-refractivity contribution >= 4 is 39.8 Å². The van der Waals surface area contributed by atoms with Crippen molar-refractivity contribution < 1.29 is 19.1 Å². The van der Waals surface area contributed by atoms with Gasteiger partial charge in [-0.3, -0.25) is 9.59 Å². The quantitative estimate of drug-likeness (QED) is 0.760. The van der Waals surface area contributed by atoms with E-state index in [1.165, 1.54) is 23.3 Å². The summed E-state index contributed by atoms with van der Waals surface area (Å²) in [6.45, 7) is 0.748. The average Bonchev–Trinajstić information content (AvgIpc) is 3.31. The van der Waals surface area contributed by atoms with E-state index in [2.05, 4.69) is 5.32 Å². The minimum atomic E-state index is -0.390. The Morgan fingerprint density at radius 3 is 2.55 bits per heavy atom. The van der Waals surface area contributed by atoms with Crippen LogP contribution in [0, 0.1) is 0 Å². The monoisotopic (exact) mass is 412 g/mol. The van der Waals surface area contributed by atoms with Crippen molar-refractivity contribution in [3.05, 3.63) is 45.8 Å². The summed E-state index contributed by atoms with van der Waals surface area (Å²) in [6, 6.07) is 7.52. The van der Waals surface area contributed by atoms with Crippen molar-refractivity contribution in [2.24, 2.45) is 0 Å². The van der Waals surface area contributed by atoms with E-state index in [0.29, 0.717) is 17.0 Å². The number of ether oxygens (including phenoxy) is 1. The third-order valence-electron chi connectivity index (χ3n) is 5.50. The van der Waals surface area contributed by atoms with Gasteiger partial charge in [-0.25, -0.2) is 4.79 Å². The maximum atomic E-state index is 12.6. The zero-order valence-electron chi connectivity index (χ0n) is 16.5. The summed E-state index contributed by atoms with van der Waals surface area (Å²) in [5.41, 5.74) is 3.28. The number of nitrogens with one attached hydrogen (secondary N) is 1. The van der Waals surface area contributed by atoms with Crippen LogP contribution in [0.5, 0.6) is 0 Å². The highest BCUT2D eigenvalue weighted by atomic mass is 32.1. The van der Waals surface area contributed by atoms with E-state index in [1.54, 1.807) is 4.90 Å². The van der Waals surface area contributed by atoms with Crippen LogP contribution in [0.15, 0.2) is 24.3 Å². The maximum absolute atomic E-state index is 12.6. The molecule has 1 N–H and O–H groups in total. The molecule has 1 aromatic heterocycles. The van der Waals surface area contributed by atoms with Crippen LogP contribution in [0.25, 0.3) is 0 Å². The molecule has 0 radical (unpaired) electrons. The van der Waals surface area contributed by atoms with Crippen LogP contribution >= 0.6 is 11.3 Å². The number of thiophene rings is 1. The van der Waals surface area contributed by atoms with Gasteiger partial charge >= 0.3 is 5.97 Å². The van der Waals surface area contributed by atoms with Gasteiger partial charge in [-0.05, 0) is 55.4 Å². The number of hydrogen-bond donors (Lipinski definition) is 1. The number of nitrogens with zero attached hydrogens (tertiary/aromatic N) is 1. The number of rotatable bonds is 5. The SMILES string of the molecule is COC(=O)c1c(NC(=O)Cc2ccc(N3CCCC3=O)cc2)sc2c1CCCC2. The highest BCUT2D eigenvalue weighted by Crippen LogP contribution is 2.38. The zero-order chi connectivity index (χ0) is 20.4. The lowest BCUT2D eigenvalue weighted by Crippen LogP contribution is -2.23. The second-order valence-corrected chi connectivity index (χ2v) is 8.55. The summed E-state index contributed by atoms with van der Waals surface area (Å²) in [5, 5.41) is 3.51. The van der Waals surface area contributed by atoms with Gasteiger partial charge in [0.15, 0.2) is 0 Å². The van der Waals surface area contributed by atoms with Gasteiger partial charge in [0.1, 0.15) is 5.00 Å². The molecule has 0 spiro atoms. The second kappa shape index (κ2) is 8.37. The molecular weight excluding hydrogens is 388 g/mol. The minimum absolute atomic E-state index is 0.146. The minimum Gasteiger partial charge on any atom is -0.465 e. The Balaban J connectivity index is 1.47. The number of fused-ring (bicyclic) bond motifs is 1. The number of amides is 2. The summed E-state index contributed by atoms with van der Waals surface area (Å²) in [4.78, 5) is 39.7. The van der Waals surface area contributed by atoms with Gasteiger partial charge in [-0.15, -0.1) is 11.3 Å². The lowest BCUT2D eigenvalue weighted by Gasteiger charge is -2.15. The Morgan fingerprint density at radius 1 is 1.10 bits per heavy atom. The van der Waals surface area contributed by atoms with E-state index >= 15 is 0 Å². The molecular formula is C22H24N2O4S. The molecule has 0 atom stereocenters. The maximum Gasteiger partial charge on any atom is 0.341 e. The molecule has 2 aromatic rings. The van der Waals surface area contributed by atoms with E-state index < -0.39 is 0 Å². The fourth-order valence-electron chi connectivity index (χ4n) is 4.04. The molecule has 1 saturated heterocycles. The van der Waals surface area contributed by atoms with E-state index in [0.717, 1.165) is 55.5 Å². The van der Waals surface area contributed by atoms with E-state index in [9.17, 15) is 14.4 Å². The summed E-state index contributed by atoms with van der Waals surface area (Å²) in [7, 11) is 1.37. The Kier molecular flexibility index (Phi) is 5.67. The summed E-state index contributed by atoms with van der Waals surface area (Å²) in [5.74, 6) is -0.412. The number of hydrogen-bond acceptors (Lipinski definition) is 5. The standard InChI is InChI=1S/C22H24N2O4S/c1-28-22(27)20-16-5-2-3-6-17(16)29-21(20)23-18(25)13-14-8-10-15(11-9-14)24-12-4-7-19(24)26/h8-11H,2-7,12-13H2,1H3,(H,23,25). The fourth-order valence-corrected chi connectivity index (χ4v) is 5.34. The third kappa shape index (κ3) is 4.05. The van der Waals surface area contributed by atoms with Gasteiger partial charge in [0.2, 0.25) is 11.8 Å². The van der Waals surface area contributed by atoms with Crippen LogP contribution in [0.1, 0.15) is 52.0 Å². The normalized spacial score (nSPS) is 15.9. The molecule has 0 bridgehead atoms. The predicted octanol–water partition coefficient (Wildman–Crippen LogP) is 3.72. The van der Waals surface area contributed by atoms with Gasteiger partial charge in [0.05, 0.1) is 19.1 Å². The second-order valence-electron chi connectivity index (χ2n) is 7.45. The Labute approximate surface area is 173 Å². The van der Waals surface area contributed by atoms with Gasteiger partial charge in [-0.1, -0.05) is 12.1 Å². The first-order valence-corrected chi connectivity index (χ1v) is 10.8.